The Morgan fingerprint density at radius 2 is 2.04 bits per heavy atom. The second-order valence-corrected chi connectivity index (χ2v) is 6.60. The second kappa shape index (κ2) is 6.95. The van der Waals surface area contributed by atoms with E-state index in [1.54, 1.807) is 0 Å². The lowest BCUT2D eigenvalue weighted by Gasteiger charge is -2.36. The first-order valence-electron chi connectivity index (χ1n) is 7.91. The quantitative estimate of drug-likeness (QED) is 0.769. The van der Waals surface area contributed by atoms with Crippen LogP contribution in [0.2, 0.25) is 5.15 Å². The summed E-state index contributed by atoms with van der Waals surface area (Å²) in [6.45, 7) is 1.43. The number of aliphatic imine (C=N–C) groups is 1. The van der Waals surface area contributed by atoms with E-state index < -0.39 is 30.1 Å². The van der Waals surface area contributed by atoms with Gasteiger partial charge in [0, 0.05) is 24.6 Å². The van der Waals surface area contributed by atoms with Crippen molar-refractivity contribution in [1.29, 1.82) is 0 Å². The Morgan fingerprint density at radius 1 is 1.30 bits per heavy atom. The summed E-state index contributed by atoms with van der Waals surface area (Å²) in [5, 5.41) is 2.61. The molecule has 0 spiro atoms. The van der Waals surface area contributed by atoms with Crippen LogP contribution in [-0.4, -0.2) is 35.3 Å². The highest BCUT2D eigenvalue weighted by molar-refractivity contribution is 6.29. The molecule has 1 N–H and O–H groups in total. The average Bonchev–Trinajstić information content (AvgIpc) is 2.60. The van der Waals surface area contributed by atoms with Crippen molar-refractivity contribution in [2.45, 2.75) is 31.2 Å². The van der Waals surface area contributed by atoms with Crippen molar-refractivity contribution >= 4 is 17.6 Å². The van der Waals surface area contributed by atoms with Crippen molar-refractivity contribution < 1.29 is 22.3 Å². The Labute approximate surface area is 157 Å². The van der Waals surface area contributed by atoms with Gasteiger partial charge in [0.15, 0.2) is 6.10 Å². The van der Waals surface area contributed by atoms with E-state index in [1.807, 2.05) is 0 Å². The molecule has 0 aliphatic carbocycles. The Morgan fingerprint density at radius 3 is 2.67 bits per heavy atom. The largest absolute Gasteiger partial charge is 0.452 e. The Kier molecular flexibility index (Phi) is 4.98. The molecule has 0 saturated carbocycles. The van der Waals surface area contributed by atoms with Crippen molar-refractivity contribution in [3.8, 4) is 11.3 Å². The van der Waals surface area contributed by atoms with E-state index in [4.69, 9.17) is 16.3 Å². The molecule has 5 nitrogen and oxygen atoms in total. The van der Waals surface area contributed by atoms with Crippen LogP contribution in [0, 0.1) is 5.82 Å². The summed E-state index contributed by atoms with van der Waals surface area (Å²) in [5.74, 6) is -0.682. The molecule has 2 aromatic rings. The number of halogens is 5. The fraction of sp³-hybridized carbons (Fsp3) is 0.353. The molecular weight excluding hydrogens is 388 g/mol. The first-order chi connectivity index (χ1) is 12.6. The summed E-state index contributed by atoms with van der Waals surface area (Å²) in [7, 11) is 1.38. The van der Waals surface area contributed by atoms with Crippen LogP contribution in [0.4, 0.5) is 17.6 Å². The molecule has 1 aromatic heterocycles. The lowest BCUT2D eigenvalue weighted by molar-refractivity contribution is -0.208. The van der Waals surface area contributed by atoms with Gasteiger partial charge in [-0.15, -0.1) is 0 Å². The highest BCUT2D eigenvalue weighted by atomic mass is 35.5. The number of alkyl halides is 3. The van der Waals surface area contributed by atoms with E-state index in [0.717, 1.165) is 6.07 Å². The van der Waals surface area contributed by atoms with Crippen LogP contribution in [-0.2, 0) is 10.3 Å². The van der Waals surface area contributed by atoms with Crippen molar-refractivity contribution in [2.24, 2.45) is 4.99 Å². The van der Waals surface area contributed by atoms with E-state index in [0.29, 0.717) is 11.3 Å². The SMILES string of the molecule is CNC1=N[C@](C)(c2cc(-c3cncc(Cl)n3)ccc2F)C[C@@H](C(F)(F)F)O1. The number of nitrogens with zero attached hydrogens (tertiary/aromatic N) is 3. The summed E-state index contributed by atoms with van der Waals surface area (Å²) in [6, 6.07) is 3.71. The third kappa shape index (κ3) is 3.97. The molecule has 0 amide bonds. The first kappa shape index (κ1) is 19.3. The Hall–Kier alpha value is -2.42. The smallest absolute Gasteiger partial charge is 0.425 e. The molecule has 0 saturated heterocycles. The number of ether oxygens (including phenoxy) is 1. The molecule has 3 rings (SSSR count). The highest BCUT2D eigenvalue weighted by Gasteiger charge is 2.50. The molecule has 2 heterocycles. The number of aromatic nitrogens is 2. The maximum atomic E-state index is 14.6. The number of benzene rings is 1. The fourth-order valence-electron chi connectivity index (χ4n) is 2.88. The van der Waals surface area contributed by atoms with Crippen molar-refractivity contribution in [3.05, 3.63) is 47.1 Å². The standard InChI is InChI=1S/C17H15ClF4N4O/c1-16(6-13(17(20,21)22)27-15(23-2)26-16)10-5-9(3-4-11(10)19)12-7-24-8-14(18)25-12/h3-5,7-8,13H,6H2,1-2H3,(H,23,26)/t13-,16-/m0/s1. The summed E-state index contributed by atoms with van der Waals surface area (Å²) >= 11 is 5.83. The van der Waals surface area contributed by atoms with E-state index in [1.165, 1.54) is 38.5 Å². The molecule has 0 unspecified atom stereocenters. The van der Waals surface area contributed by atoms with Gasteiger partial charge in [-0.25, -0.2) is 14.4 Å². The van der Waals surface area contributed by atoms with Crippen LogP contribution in [0.5, 0.6) is 0 Å². The summed E-state index contributed by atoms with van der Waals surface area (Å²) in [5.41, 5.74) is -0.682. The molecule has 27 heavy (non-hydrogen) atoms. The molecule has 0 bridgehead atoms. The van der Waals surface area contributed by atoms with Gasteiger partial charge in [0.1, 0.15) is 11.0 Å². The third-order valence-electron chi connectivity index (χ3n) is 4.21. The van der Waals surface area contributed by atoms with Crippen LogP contribution < -0.4 is 5.32 Å². The maximum absolute atomic E-state index is 14.6. The molecule has 1 aliphatic heterocycles. The average molecular weight is 403 g/mol. The lowest BCUT2D eigenvalue weighted by atomic mass is 9.84. The molecular formula is C17H15ClF4N4O. The highest BCUT2D eigenvalue weighted by Crippen LogP contribution is 2.41. The van der Waals surface area contributed by atoms with E-state index in [-0.39, 0.29) is 16.7 Å². The summed E-state index contributed by atoms with van der Waals surface area (Å²) < 4.78 is 59.2. The van der Waals surface area contributed by atoms with E-state index in [9.17, 15) is 17.6 Å². The number of amidine groups is 1. The zero-order valence-corrected chi connectivity index (χ0v) is 15.1. The summed E-state index contributed by atoms with van der Waals surface area (Å²) in [6.07, 6.45) is -4.53. The van der Waals surface area contributed by atoms with Crippen molar-refractivity contribution in [3.63, 3.8) is 0 Å². The Balaban J connectivity index is 2.09. The van der Waals surface area contributed by atoms with Crippen molar-refractivity contribution in [2.75, 3.05) is 7.05 Å². The van der Waals surface area contributed by atoms with Gasteiger partial charge in [0.05, 0.1) is 23.6 Å². The zero-order chi connectivity index (χ0) is 19.8. The van der Waals surface area contributed by atoms with Gasteiger partial charge in [0.2, 0.25) is 0 Å². The minimum absolute atomic E-state index is 0.00734. The predicted molar refractivity (Wildman–Crippen MR) is 91.8 cm³/mol. The third-order valence-corrected chi connectivity index (χ3v) is 4.39. The maximum Gasteiger partial charge on any atom is 0.425 e. The number of nitrogens with one attached hydrogen (secondary N) is 1. The van der Waals surface area contributed by atoms with Gasteiger partial charge in [-0.05, 0) is 25.1 Å². The van der Waals surface area contributed by atoms with Crippen LogP contribution in [0.15, 0.2) is 35.6 Å². The minimum atomic E-state index is -4.62. The Bertz CT molecular complexity index is 889. The molecule has 1 aromatic carbocycles. The van der Waals surface area contributed by atoms with Crippen molar-refractivity contribution in [1.82, 2.24) is 15.3 Å². The van der Waals surface area contributed by atoms with Gasteiger partial charge < -0.3 is 10.1 Å². The van der Waals surface area contributed by atoms with Gasteiger partial charge >= 0.3 is 6.18 Å². The molecule has 144 valence electrons. The first-order valence-corrected chi connectivity index (χ1v) is 8.29. The number of hydrogen-bond acceptors (Lipinski definition) is 5. The topological polar surface area (TPSA) is 59.4 Å². The van der Waals surface area contributed by atoms with E-state index >= 15 is 0 Å². The molecule has 2 atom stereocenters. The van der Waals surface area contributed by atoms with Crippen LogP contribution in [0.3, 0.4) is 0 Å². The van der Waals surface area contributed by atoms with Gasteiger partial charge in [-0.1, -0.05) is 11.6 Å². The van der Waals surface area contributed by atoms with Crippen LogP contribution in [0.1, 0.15) is 18.9 Å². The van der Waals surface area contributed by atoms with Gasteiger partial charge in [0.25, 0.3) is 6.02 Å². The molecule has 1 aliphatic rings. The molecule has 10 heteroatoms. The summed E-state index contributed by atoms with van der Waals surface area (Å²) in [4.78, 5) is 12.2. The lowest BCUT2D eigenvalue weighted by Crippen LogP contribution is -2.47. The van der Waals surface area contributed by atoms with E-state index in [2.05, 4.69) is 20.3 Å². The van der Waals surface area contributed by atoms with Crippen LogP contribution >= 0.6 is 11.6 Å². The second-order valence-electron chi connectivity index (χ2n) is 6.21. The minimum Gasteiger partial charge on any atom is -0.452 e. The van der Waals surface area contributed by atoms with Crippen LogP contribution in [0.25, 0.3) is 11.3 Å². The number of rotatable bonds is 2. The normalized spacial score (nSPS) is 22.8. The molecule has 0 radical (unpaired) electrons. The molecule has 0 fully saturated rings. The van der Waals surface area contributed by atoms with Gasteiger partial charge in [-0.3, -0.25) is 4.98 Å². The fourth-order valence-corrected chi connectivity index (χ4v) is 3.03. The zero-order valence-electron chi connectivity index (χ0n) is 14.3. The predicted octanol–water partition coefficient (Wildman–Crippen LogP) is 4.08. The van der Waals surface area contributed by atoms with Gasteiger partial charge in [-0.2, -0.15) is 13.2 Å². The monoisotopic (exact) mass is 402 g/mol. The number of hydrogen-bond donors (Lipinski definition) is 1.